The number of hydrogen-bond donors (Lipinski definition) is 3. The first-order valence-corrected chi connectivity index (χ1v) is 7.69. The van der Waals surface area contributed by atoms with Gasteiger partial charge < -0.3 is 20.7 Å². The van der Waals surface area contributed by atoms with E-state index in [4.69, 9.17) is 5.41 Å². The Balaban J connectivity index is 2.74. The Hall–Kier alpha value is -2.84. The third kappa shape index (κ3) is 3.71. The Bertz CT molecular complexity index is 774. The fraction of sp³-hybridized carbons (Fsp3) is 0.353. The summed E-state index contributed by atoms with van der Waals surface area (Å²) in [6.07, 6.45) is -2.73. The molecule has 1 aliphatic rings. The molecule has 0 spiro atoms. The van der Waals surface area contributed by atoms with Crippen LogP contribution in [0.1, 0.15) is 27.4 Å². The van der Waals surface area contributed by atoms with Gasteiger partial charge in [0, 0.05) is 30.6 Å². The predicted octanol–water partition coefficient (Wildman–Crippen LogP) is 2.30. The van der Waals surface area contributed by atoms with Crippen molar-refractivity contribution in [1.29, 1.82) is 5.41 Å². The van der Waals surface area contributed by atoms with Crippen LogP contribution in [0.15, 0.2) is 30.0 Å². The number of hydrogen-bond acceptors (Lipinski definition) is 4. The minimum absolute atomic E-state index is 0.0382. The molecule has 1 aromatic carbocycles. The minimum Gasteiger partial charge on any atom is -0.481 e. The van der Waals surface area contributed by atoms with Crippen molar-refractivity contribution in [1.82, 2.24) is 10.2 Å². The fourth-order valence-electron chi connectivity index (χ4n) is 3.14. The molecule has 6 nitrogen and oxygen atoms in total. The average Bonchev–Trinajstić information content (AvgIpc) is 2.54. The second-order valence-corrected chi connectivity index (χ2v) is 5.98. The van der Waals surface area contributed by atoms with Crippen molar-refractivity contribution in [2.24, 2.45) is 0 Å². The van der Waals surface area contributed by atoms with E-state index in [-0.39, 0.29) is 16.7 Å². The largest absolute Gasteiger partial charge is 0.481 e. The first-order chi connectivity index (χ1) is 12.1. The van der Waals surface area contributed by atoms with Crippen molar-refractivity contribution >= 4 is 18.1 Å². The first-order valence-electron chi connectivity index (χ1n) is 7.69. The van der Waals surface area contributed by atoms with E-state index >= 15 is 0 Å². The number of aliphatic carboxylic acids is 1. The van der Waals surface area contributed by atoms with Crippen LogP contribution < -0.4 is 5.32 Å². The molecule has 1 amide bonds. The van der Waals surface area contributed by atoms with E-state index in [2.05, 4.69) is 5.32 Å². The Morgan fingerprint density at radius 3 is 2.58 bits per heavy atom. The summed E-state index contributed by atoms with van der Waals surface area (Å²) < 4.78 is 39.3. The van der Waals surface area contributed by atoms with Gasteiger partial charge in [0.1, 0.15) is 12.5 Å². The molecule has 2 atom stereocenters. The highest BCUT2D eigenvalue weighted by Crippen LogP contribution is 2.38. The zero-order valence-corrected chi connectivity index (χ0v) is 14.1. The van der Waals surface area contributed by atoms with Gasteiger partial charge in [-0.25, -0.2) is 0 Å². The number of carbonyl (C=O) groups is 2. The second-order valence-electron chi connectivity index (χ2n) is 5.98. The van der Waals surface area contributed by atoms with Crippen molar-refractivity contribution in [3.8, 4) is 0 Å². The SMILES string of the molecule is CN/C=C(\C=N)C1C(C(=O)O)c2ccc(C)cc2C(=O)N1CC(F)(F)F. The third-order valence-corrected chi connectivity index (χ3v) is 4.12. The first kappa shape index (κ1) is 19.5. The molecule has 2 rings (SSSR count). The molecule has 3 N–H and O–H groups in total. The topological polar surface area (TPSA) is 93.5 Å². The van der Waals surface area contributed by atoms with Crippen LogP contribution in [-0.4, -0.2) is 53.9 Å². The van der Waals surface area contributed by atoms with E-state index in [9.17, 15) is 27.9 Å². The number of nitrogens with zero attached hydrogens (tertiary/aromatic N) is 1. The molecule has 26 heavy (non-hydrogen) atoms. The molecular formula is C17H18F3N3O3. The van der Waals surface area contributed by atoms with Gasteiger partial charge in [-0.05, 0) is 18.6 Å². The number of amides is 1. The molecule has 9 heteroatoms. The van der Waals surface area contributed by atoms with Gasteiger partial charge in [-0.3, -0.25) is 9.59 Å². The van der Waals surface area contributed by atoms with Gasteiger partial charge in [-0.1, -0.05) is 17.7 Å². The van der Waals surface area contributed by atoms with Gasteiger partial charge in [-0.2, -0.15) is 13.2 Å². The van der Waals surface area contributed by atoms with Crippen molar-refractivity contribution in [2.75, 3.05) is 13.6 Å². The minimum atomic E-state index is -4.72. The third-order valence-electron chi connectivity index (χ3n) is 4.12. The molecule has 1 heterocycles. The molecule has 0 saturated heterocycles. The fourth-order valence-corrected chi connectivity index (χ4v) is 3.14. The van der Waals surface area contributed by atoms with E-state index < -0.39 is 36.6 Å². The highest BCUT2D eigenvalue weighted by Gasteiger charge is 2.48. The number of carboxylic acid groups (broad SMARTS) is 1. The summed E-state index contributed by atoms with van der Waals surface area (Å²) in [4.78, 5) is 25.2. The molecule has 0 fully saturated rings. The molecule has 0 aromatic heterocycles. The summed E-state index contributed by atoms with van der Waals surface area (Å²) >= 11 is 0. The lowest BCUT2D eigenvalue weighted by Crippen LogP contribution is -2.54. The highest BCUT2D eigenvalue weighted by atomic mass is 19.4. The van der Waals surface area contributed by atoms with E-state index in [1.54, 1.807) is 13.0 Å². The maximum Gasteiger partial charge on any atom is 0.406 e. The number of fused-ring (bicyclic) bond motifs is 1. The van der Waals surface area contributed by atoms with Gasteiger partial charge in [0.2, 0.25) is 0 Å². The normalized spacial score (nSPS) is 20.6. The zero-order chi connectivity index (χ0) is 19.6. The lowest BCUT2D eigenvalue weighted by molar-refractivity contribution is -0.150. The number of rotatable bonds is 5. The zero-order valence-electron chi connectivity index (χ0n) is 14.1. The Morgan fingerprint density at radius 1 is 1.42 bits per heavy atom. The van der Waals surface area contributed by atoms with Crippen LogP contribution in [0.4, 0.5) is 13.2 Å². The number of carbonyl (C=O) groups excluding carboxylic acids is 1. The molecule has 0 bridgehead atoms. The molecular weight excluding hydrogens is 351 g/mol. The maximum atomic E-state index is 13.1. The van der Waals surface area contributed by atoms with Crippen LogP contribution in [0, 0.1) is 12.3 Å². The van der Waals surface area contributed by atoms with Crippen LogP contribution in [0.3, 0.4) is 0 Å². The van der Waals surface area contributed by atoms with Crippen LogP contribution in [-0.2, 0) is 4.79 Å². The summed E-state index contributed by atoms with van der Waals surface area (Å²) in [5.41, 5.74) is 0.667. The van der Waals surface area contributed by atoms with Crippen LogP contribution >= 0.6 is 0 Å². The maximum absolute atomic E-state index is 13.1. The van der Waals surface area contributed by atoms with Crippen LogP contribution in [0.2, 0.25) is 0 Å². The van der Waals surface area contributed by atoms with Gasteiger partial charge in [0.15, 0.2) is 0 Å². The van der Waals surface area contributed by atoms with Crippen molar-refractivity contribution < 1.29 is 27.9 Å². The molecule has 1 aliphatic heterocycles. The molecule has 2 unspecified atom stereocenters. The molecule has 1 aromatic rings. The summed E-state index contributed by atoms with van der Waals surface area (Å²) in [7, 11) is 1.47. The van der Waals surface area contributed by atoms with Gasteiger partial charge in [0.05, 0.1) is 6.04 Å². The predicted molar refractivity (Wildman–Crippen MR) is 88.4 cm³/mol. The van der Waals surface area contributed by atoms with Gasteiger partial charge >= 0.3 is 12.1 Å². The van der Waals surface area contributed by atoms with Crippen molar-refractivity contribution in [2.45, 2.75) is 25.1 Å². The summed E-state index contributed by atoms with van der Waals surface area (Å²) in [5.74, 6) is -3.71. The molecule has 0 saturated carbocycles. The molecule has 140 valence electrons. The van der Waals surface area contributed by atoms with Crippen molar-refractivity contribution in [3.63, 3.8) is 0 Å². The smallest absolute Gasteiger partial charge is 0.406 e. The van der Waals surface area contributed by atoms with Gasteiger partial charge in [0.25, 0.3) is 5.91 Å². The van der Waals surface area contributed by atoms with E-state index in [0.717, 1.165) is 6.21 Å². The summed E-state index contributed by atoms with van der Waals surface area (Å²) in [5, 5.41) is 19.8. The Kier molecular flexibility index (Phi) is 5.38. The lowest BCUT2D eigenvalue weighted by Gasteiger charge is -2.41. The van der Waals surface area contributed by atoms with E-state index in [1.807, 2.05) is 0 Å². The van der Waals surface area contributed by atoms with Crippen molar-refractivity contribution in [3.05, 3.63) is 46.7 Å². The number of halogens is 3. The number of carboxylic acids is 1. The Labute approximate surface area is 147 Å². The average molecular weight is 369 g/mol. The van der Waals surface area contributed by atoms with Crippen LogP contribution in [0.25, 0.3) is 0 Å². The molecule has 0 aliphatic carbocycles. The van der Waals surface area contributed by atoms with E-state index in [1.165, 1.54) is 25.4 Å². The highest BCUT2D eigenvalue weighted by molar-refractivity contribution is 6.02. The quantitative estimate of drug-likeness (QED) is 0.695. The number of benzene rings is 1. The summed E-state index contributed by atoms with van der Waals surface area (Å²) in [6.45, 7) is 0.0516. The lowest BCUT2D eigenvalue weighted by atomic mass is 9.79. The number of alkyl halides is 3. The van der Waals surface area contributed by atoms with E-state index in [0.29, 0.717) is 10.5 Å². The summed E-state index contributed by atoms with van der Waals surface area (Å²) in [6, 6.07) is 2.98. The second kappa shape index (κ2) is 7.19. The monoisotopic (exact) mass is 369 g/mol. The number of nitrogens with one attached hydrogen (secondary N) is 2. The van der Waals surface area contributed by atoms with Crippen LogP contribution in [0.5, 0.6) is 0 Å². The van der Waals surface area contributed by atoms with Gasteiger partial charge in [-0.15, -0.1) is 0 Å². The standard InChI is InChI=1S/C17H18F3N3O3/c1-9-3-4-11-12(5-9)15(24)23(8-17(18,19)20)14(13(11)16(25)26)10(6-21)7-22-2/h3-7,13-14,21-22H,8H2,1-2H3,(H,25,26)/b10-7+,21-6?. The molecule has 0 radical (unpaired) electrons. The Morgan fingerprint density at radius 2 is 2.08 bits per heavy atom. The number of aryl methyl sites for hydroxylation is 1.